The number of aromatic amines is 1. The number of benzene rings is 1. The number of aryl methyl sites for hydroxylation is 1. The predicted octanol–water partition coefficient (Wildman–Crippen LogP) is 6.97. The average Bonchev–Trinajstić information content (AvgIpc) is 3.27. The number of hydrogen-bond donors (Lipinski definition) is 1. The van der Waals surface area contributed by atoms with Crippen LogP contribution in [0.5, 0.6) is 0 Å². The van der Waals surface area contributed by atoms with Gasteiger partial charge in [0.15, 0.2) is 5.15 Å². The first-order chi connectivity index (χ1) is 14.9. The predicted molar refractivity (Wildman–Crippen MR) is 124 cm³/mol. The van der Waals surface area contributed by atoms with Crippen LogP contribution in [0.15, 0.2) is 30.3 Å². The Balaban J connectivity index is 0.00000306. The van der Waals surface area contributed by atoms with Gasteiger partial charge in [0.25, 0.3) is 0 Å². The van der Waals surface area contributed by atoms with E-state index in [1.807, 2.05) is 20.8 Å². The van der Waals surface area contributed by atoms with Crippen LogP contribution >= 0.6 is 24.0 Å². The normalized spacial score (nSPS) is 12.0. The molecule has 6 nitrogen and oxygen atoms in total. The highest BCUT2D eigenvalue weighted by molar-refractivity contribution is 6.34. The van der Waals surface area contributed by atoms with E-state index in [1.54, 1.807) is 11.7 Å². The van der Waals surface area contributed by atoms with Crippen molar-refractivity contribution in [3.8, 4) is 22.8 Å². The van der Waals surface area contributed by atoms with Crippen LogP contribution < -0.4 is 0 Å². The molecule has 0 radical (unpaired) electrons. The molecule has 0 aliphatic rings. The first kappa shape index (κ1) is 24.6. The fourth-order valence-electron chi connectivity index (χ4n) is 3.57. The molecule has 0 atom stereocenters. The summed E-state index contributed by atoms with van der Waals surface area (Å²) in [5.74, 6) is 0.335. The molecule has 1 aromatic carbocycles. The first-order valence-electron chi connectivity index (χ1n) is 9.60. The number of fused-ring (bicyclic) bond motifs is 1. The molecule has 3 aromatic heterocycles. The van der Waals surface area contributed by atoms with Crippen LogP contribution in [0.4, 0.5) is 18.9 Å². The molecule has 0 amide bonds. The van der Waals surface area contributed by atoms with Crippen LogP contribution in [0.3, 0.4) is 0 Å². The highest BCUT2D eigenvalue weighted by Gasteiger charge is 2.34. The van der Waals surface area contributed by atoms with Gasteiger partial charge in [-0.3, -0.25) is 4.68 Å². The van der Waals surface area contributed by atoms with Crippen LogP contribution in [0.1, 0.15) is 32.0 Å². The molecule has 0 aliphatic carbocycles. The molecule has 0 saturated carbocycles. The minimum absolute atomic E-state index is 0. The van der Waals surface area contributed by atoms with E-state index in [0.717, 1.165) is 6.07 Å². The second-order valence-electron chi connectivity index (χ2n) is 8.35. The van der Waals surface area contributed by atoms with Gasteiger partial charge in [-0.25, -0.2) is 14.8 Å². The molecule has 0 spiro atoms. The van der Waals surface area contributed by atoms with Crippen molar-refractivity contribution in [2.75, 3.05) is 0 Å². The Morgan fingerprint density at radius 1 is 1.12 bits per heavy atom. The Morgan fingerprint density at radius 3 is 2.39 bits per heavy atom. The van der Waals surface area contributed by atoms with Gasteiger partial charge in [0, 0.05) is 12.6 Å². The van der Waals surface area contributed by atoms with Gasteiger partial charge < -0.3 is 4.98 Å². The zero-order valence-electron chi connectivity index (χ0n) is 18.0. The molecule has 0 fully saturated rings. The molecule has 0 unspecified atom stereocenters. The zero-order valence-corrected chi connectivity index (χ0v) is 19.6. The van der Waals surface area contributed by atoms with Crippen molar-refractivity contribution in [2.45, 2.75) is 32.4 Å². The number of pyridine rings is 1. The van der Waals surface area contributed by atoms with E-state index >= 15 is 0 Å². The van der Waals surface area contributed by atoms with E-state index in [4.69, 9.17) is 18.2 Å². The first-order valence-corrected chi connectivity index (χ1v) is 9.97. The number of imidazole rings is 1. The number of hydrogen-bond acceptors (Lipinski definition) is 3. The Kier molecular flexibility index (Phi) is 6.22. The number of aromatic nitrogens is 5. The van der Waals surface area contributed by atoms with Crippen molar-refractivity contribution in [2.24, 2.45) is 7.05 Å². The molecular formula is C22H19Cl2F3N6. The van der Waals surface area contributed by atoms with Crippen LogP contribution in [-0.2, 0) is 18.6 Å². The summed E-state index contributed by atoms with van der Waals surface area (Å²) in [7, 11) is 1.71. The smallest absolute Gasteiger partial charge is 0.338 e. The lowest BCUT2D eigenvalue weighted by Gasteiger charge is -2.15. The second kappa shape index (κ2) is 8.36. The Morgan fingerprint density at radius 2 is 1.79 bits per heavy atom. The van der Waals surface area contributed by atoms with Gasteiger partial charge >= 0.3 is 6.18 Å². The van der Waals surface area contributed by atoms with E-state index in [0.29, 0.717) is 33.9 Å². The third kappa shape index (κ3) is 4.28. The van der Waals surface area contributed by atoms with Gasteiger partial charge in [-0.2, -0.15) is 18.3 Å². The van der Waals surface area contributed by atoms with Crippen molar-refractivity contribution in [1.82, 2.24) is 24.7 Å². The Hall–Kier alpha value is -3.09. The van der Waals surface area contributed by atoms with Gasteiger partial charge in [0.2, 0.25) is 5.69 Å². The van der Waals surface area contributed by atoms with E-state index in [-0.39, 0.29) is 34.2 Å². The molecule has 0 bridgehead atoms. The highest BCUT2D eigenvalue weighted by atomic mass is 35.5. The summed E-state index contributed by atoms with van der Waals surface area (Å²) >= 11 is 6.31. The molecule has 33 heavy (non-hydrogen) atoms. The van der Waals surface area contributed by atoms with Crippen molar-refractivity contribution in [3.63, 3.8) is 0 Å². The molecular weight excluding hydrogens is 476 g/mol. The van der Waals surface area contributed by atoms with Crippen molar-refractivity contribution in [1.29, 1.82) is 0 Å². The number of nitrogens with zero attached hydrogens (tertiary/aromatic N) is 5. The Labute approximate surface area is 199 Å². The molecule has 1 N–H and O–H groups in total. The van der Waals surface area contributed by atoms with Gasteiger partial charge in [0.05, 0.1) is 29.0 Å². The highest BCUT2D eigenvalue weighted by Crippen LogP contribution is 2.40. The number of H-pyrrole nitrogens is 1. The third-order valence-corrected chi connectivity index (χ3v) is 5.27. The molecule has 4 aromatic rings. The maximum Gasteiger partial charge on any atom is 0.417 e. The second-order valence-corrected chi connectivity index (χ2v) is 8.71. The number of alkyl halides is 3. The lowest BCUT2D eigenvalue weighted by molar-refractivity contribution is -0.137. The quantitative estimate of drug-likeness (QED) is 0.241. The van der Waals surface area contributed by atoms with E-state index in [1.165, 1.54) is 24.3 Å². The lowest BCUT2D eigenvalue weighted by Crippen LogP contribution is -2.12. The van der Waals surface area contributed by atoms with Gasteiger partial charge in [-0.1, -0.05) is 50.6 Å². The maximum atomic E-state index is 13.5. The minimum Gasteiger partial charge on any atom is -0.338 e. The Bertz CT molecular complexity index is 1390. The van der Waals surface area contributed by atoms with Crippen molar-refractivity contribution >= 4 is 40.7 Å². The summed E-state index contributed by atoms with van der Waals surface area (Å²) in [5, 5.41) is 4.45. The topological polar surface area (TPSA) is 63.8 Å². The minimum atomic E-state index is -4.54. The fourth-order valence-corrected chi connectivity index (χ4v) is 3.80. The lowest BCUT2D eigenvalue weighted by atomic mass is 9.91. The monoisotopic (exact) mass is 494 g/mol. The summed E-state index contributed by atoms with van der Waals surface area (Å²) < 4.78 is 42.0. The van der Waals surface area contributed by atoms with Crippen molar-refractivity contribution in [3.05, 3.63) is 58.2 Å². The summed E-state index contributed by atoms with van der Waals surface area (Å²) in [4.78, 5) is 15.4. The SMILES string of the molecule is Cl.[C-]#[N+]c1c(C(C)(C)C)nn(C)c1-c1nc2c(Cl)nc(-c3ccccc3C(F)(F)F)cc2[nH]1. The van der Waals surface area contributed by atoms with E-state index in [9.17, 15) is 13.2 Å². The summed E-state index contributed by atoms with van der Waals surface area (Å²) in [6, 6.07) is 6.65. The largest absolute Gasteiger partial charge is 0.417 e. The van der Waals surface area contributed by atoms with Gasteiger partial charge in [0.1, 0.15) is 17.0 Å². The molecule has 172 valence electrons. The molecule has 0 saturated heterocycles. The van der Waals surface area contributed by atoms with E-state index < -0.39 is 11.7 Å². The standard InChI is InChI=1S/C22H18ClF3N6.ClH/c1-21(2,3)18-16(27-4)17(32(5)31-18)20-29-14-10-13(28-19(23)15(14)30-20)11-8-6-7-9-12(11)22(24,25)26;/h6-10H,1-3,5H3,(H,29,30);1H. The number of nitrogens with one attached hydrogen (secondary N) is 1. The van der Waals surface area contributed by atoms with Gasteiger partial charge in [-0.05, 0) is 17.5 Å². The number of halogens is 5. The zero-order chi connectivity index (χ0) is 23.4. The molecule has 3 heterocycles. The average molecular weight is 495 g/mol. The van der Waals surface area contributed by atoms with Crippen LogP contribution in [0, 0.1) is 6.57 Å². The van der Waals surface area contributed by atoms with Gasteiger partial charge in [-0.15, -0.1) is 12.4 Å². The van der Waals surface area contributed by atoms with Crippen molar-refractivity contribution < 1.29 is 13.2 Å². The van der Waals surface area contributed by atoms with Crippen LogP contribution in [0.2, 0.25) is 5.15 Å². The van der Waals surface area contributed by atoms with E-state index in [2.05, 4.69) is 24.9 Å². The number of rotatable bonds is 2. The maximum absolute atomic E-state index is 13.5. The summed E-state index contributed by atoms with van der Waals surface area (Å²) in [6.45, 7) is 13.5. The van der Waals surface area contributed by atoms with Crippen LogP contribution in [-0.4, -0.2) is 24.7 Å². The van der Waals surface area contributed by atoms with Crippen LogP contribution in [0.25, 0.3) is 38.7 Å². The summed E-state index contributed by atoms with van der Waals surface area (Å²) in [6.07, 6.45) is -4.54. The molecule has 0 aliphatic heterocycles. The third-order valence-electron chi connectivity index (χ3n) is 5.00. The molecule has 4 rings (SSSR count). The molecule has 11 heteroatoms. The fraction of sp³-hybridized carbons (Fsp3) is 0.273. The summed E-state index contributed by atoms with van der Waals surface area (Å²) in [5.41, 5.74) is 0.948.